The second-order valence-electron chi connectivity index (χ2n) is 5.51. The van der Waals surface area contributed by atoms with Gasteiger partial charge in [-0.05, 0) is 25.5 Å². The molecule has 1 aromatic carbocycles. The summed E-state index contributed by atoms with van der Waals surface area (Å²) in [5.74, 6) is 0.665. The molecule has 2 rings (SSSR count). The van der Waals surface area contributed by atoms with Crippen molar-refractivity contribution in [1.82, 2.24) is 5.32 Å². The predicted molar refractivity (Wildman–Crippen MR) is 79.3 cm³/mol. The average Bonchev–Trinajstić information content (AvgIpc) is 2.79. The molecule has 1 aromatic rings. The average molecular weight is 293 g/mol. The van der Waals surface area contributed by atoms with Gasteiger partial charge in [0.05, 0.1) is 19.1 Å². The molecule has 1 aliphatic heterocycles. The number of hydrogen-bond acceptors (Lipinski definition) is 4. The van der Waals surface area contributed by atoms with Crippen molar-refractivity contribution in [2.45, 2.75) is 38.4 Å². The van der Waals surface area contributed by atoms with Crippen LogP contribution in [0.2, 0.25) is 0 Å². The van der Waals surface area contributed by atoms with E-state index in [2.05, 4.69) is 5.32 Å². The van der Waals surface area contributed by atoms with E-state index in [-0.39, 0.29) is 25.0 Å². The van der Waals surface area contributed by atoms with E-state index >= 15 is 0 Å². The maximum atomic E-state index is 11.8. The maximum Gasteiger partial charge on any atom is 0.223 e. The van der Waals surface area contributed by atoms with Crippen molar-refractivity contribution in [3.8, 4) is 5.75 Å². The molecule has 0 aromatic heterocycles. The molecule has 1 amide bonds. The molecule has 2 unspecified atom stereocenters. The number of rotatable bonds is 6. The number of amides is 1. The smallest absolute Gasteiger partial charge is 0.223 e. The molecule has 0 spiro atoms. The molecule has 0 saturated carbocycles. The van der Waals surface area contributed by atoms with E-state index in [1.165, 1.54) is 0 Å². The van der Waals surface area contributed by atoms with E-state index in [9.17, 15) is 9.90 Å². The topological polar surface area (TPSA) is 67.8 Å². The van der Waals surface area contributed by atoms with Gasteiger partial charge in [0, 0.05) is 19.6 Å². The van der Waals surface area contributed by atoms with Crippen molar-refractivity contribution < 1.29 is 19.4 Å². The van der Waals surface area contributed by atoms with E-state index in [0.29, 0.717) is 19.6 Å². The van der Waals surface area contributed by atoms with Crippen molar-refractivity contribution in [3.63, 3.8) is 0 Å². The molecule has 1 saturated heterocycles. The second-order valence-corrected chi connectivity index (χ2v) is 5.51. The third-order valence-electron chi connectivity index (χ3n) is 3.93. The highest BCUT2D eigenvalue weighted by Crippen LogP contribution is 2.24. The van der Waals surface area contributed by atoms with Gasteiger partial charge in [0.15, 0.2) is 0 Å². The molecule has 0 aliphatic carbocycles. The molecule has 0 radical (unpaired) electrons. The van der Waals surface area contributed by atoms with Crippen LogP contribution >= 0.6 is 0 Å². The molecule has 21 heavy (non-hydrogen) atoms. The van der Waals surface area contributed by atoms with Crippen LogP contribution in [0.25, 0.3) is 0 Å². The van der Waals surface area contributed by atoms with Gasteiger partial charge in [-0.1, -0.05) is 18.2 Å². The molecular weight excluding hydrogens is 270 g/mol. The third-order valence-corrected chi connectivity index (χ3v) is 3.93. The highest BCUT2D eigenvalue weighted by molar-refractivity contribution is 5.76. The summed E-state index contributed by atoms with van der Waals surface area (Å²) in [6.07, 6.45) is 0.564. The largest absolute Gasteiger partial charge is 0.493 e. The Morgan fingerprint density at radius 1 is 1.52 bits per heavy atom. The fraction of sp³-hybridized carbons (Fsp3) is 0.562. The summed E-state index contributed by atoms with van der Waals surface area (Å²) in [5, 5.41) is 13.0. The van der Waals surface area contributed by atoms with E-state index < -0.39 is 5.60 Å². The summed E-state index contributed by atoms with van der Waals surface area (Å²) in [6, 6.07) is 7.69. The number of hydrogen-bond donors (Lipinski definition) is 2. The lowest BCUT2D eigenvalue weighted by Crippen LogP contribution is -2.47. The molecule has 1 fully saturated rings. The Bertz CT molecular complexity index is 491. The maximum absolute atomic E-state index is 11.8. The summed E-state index contributed by atoms with van der Waals surface area (Å²) in [7, 11) is 0. The van der Waals surface area contributed by atoms with Crippen molar-refractivity contribution >= 4 is 5.91 Å². The third kappa shape index (κ3) is 4.19. The normalized spacial score (nSPS) is 24.8. The van der Waals surface area contributed by atoms with Gasteiger partial charge < -0.3 is 19.9 Å². The van der Waals surface area contributed by atoms with Crippen LogP contribution in [0.5, 0.6) is 5.75 Å². The predicted octanol–water partition coefficient (Wildman–Crippen LogP) is 1.42. The van der Waals surface area contributed by atoms with Crippen LogP contribution in [-0.4, -0.2) is 42.5 Å². The van der Waals surface area contributed by atoms with Crippen LogP contribution in [0.1, 0.15) is 25.3 Å². The van der Waals surface area contributed by atoms with Crippen molar-refractivity contribution in [1.29, 1.82) is 0 Å². The zero-order valence-electron chi connectivity index (χ0n) is 12.6. The van der Waals surface area contributed by atoms with Crippen LogP contribution in [0.15, 0.2) is 24.3 Å². The lowest BCUT2D eigenvalue weighted by molar-refractivity contribution is -0.123. The van der Waals surface area contributed by atoms with Crippen LogP contribution < -0.4 is 10.1 Å². The Balaban J connectivity index is 1.70. The first-order valence-corrected chi connectivity index (χ1v) is 7.30. The number of carbonyl (C=O) groups excluding carboxylic acids is 1. The van der Waals surface area contributed by atoms with Gasteiger partial charge in [0.1, 0.15) is 11.4 Å². The number of carbonyl (C=O) groups is 1. The molecule has 116 valence electrons. The summed E-state index contributed by atoms with van der Waals surface area (Å²) >= 11 is 0. The Kier molecular flexibility index (Phi) is 5.20. The first-order valence-electron chi connectivity index (χ1n) is 7.30. The Hall–Kier alpha value is -1.59. The number of aryl methyl sites for hydroxylation is 1. The van der Waals surface area contributed by atoms with Gasteiger partial charge >= 0.3 is 0 Å². The zero-order valence-corrected chi connectivity index (χ0v) is 12.6. The molecule has 1 aliphatic rings. The Morgan fingerprint density at radius 2 is 2.29 bits per heavy atom. The number of para-hydroxylation sites is 1. The molecule has 0 bridgehead atoms. The fourth-order valence-electron chi connectivity index (χ4n) is 2.32. The number of aliphatic hydroxyl groups is 1. The van der Waals surface area contributed by atoms with Gasteiger partial charge in [-0.3, -0.25) is 4.79 Å². The number of ether oxygens (including phenoxy) is 2. The quantitative estimate of drug-likeness (QED) is 0.832. The van der Waals surface area contributed by atoms with E-state index in [1.807, 2.05) is 38.1 Å². The van der Waals surface area contributed by atoms with Crippen LogP contribution in [0.3, 0.4) is 0 Å². The summed E-state index contributed by atoms with van der Waals surface area (Å²) in [5.41, 5.74) is 0.0937. The van der Waals surface area contributed by atoms with Gasteiger partial charge in [-0.15, -0.1) is 0 Å². The molecule has 2 N–H and O–H groups in total. The van der Waals surface area contributed by atoms with E-state index in [0.717, 1.165) is 11.3 Å². The minimum atomic E-state index is -0.952. The lowest BCUT2D eigenvalue weighted by atomic mass is 9.97. The summed E-state index contributed by atoms with van der Waals surface area (Å²) < 4.78 is 10.9. The molecular formula is C16H23NO4. The molecule has 2 atom stereocenters. The Morgan fingerprint density at radius 3 is 2.95 bits per heavy atom. The molecule has 5 nitrogen and oxygen atoms in total. The first kappa shape index (κ1) is 15.8. The standard InChI is InChI=1S/C16H23NO4/c1-12-5-3-4-6-14(12)21-9-7-15(18)17-11-16(19)8-10-20-13(16)2/h3-6,13,19H,7-11H2,1-2H3,(H,17,18). The van der Waals surface area contributed by atoms with Gasteiger partial charge in [0.25, 0.3) is 0 Å². The minimum Gasteiger partial charge on any atom is -0.493 e. The lowest BCUT2D eigenvalue weighted by Gasteiger charge is -2.26. The van der Waals surface area contributed by atoms with Crippen molar-refractivity contribution in [2.75, 3.05) is 19.8 Å². The fourth-order valence-corrected chi connectivity index (χ4v) is 2.32. The van der Waals surface area contributed by atoms with Gasteiger partial charge in [-0.2, -0.15) is 0 Å². The monoisotopic (exact) mass is 293 g/mol. The highest BCUT2D eigenvalue weighted by atomic mass is 16.5. The van der Waals surface area contributed by atoms with Crippen LogP contribution in [-0.2, 0) is 9.53 Å². The van der Waals surface area contributed by atoms with Crippen LogP contribution in [0.4, 0.5) is 0 Å². The Labute approximate surface area is 125 Å². The second kappa shape index (κ2) is 6.91. The van der Waals surface area contributed by atoms with E-state index in [4.69, 9.17) is 9.47 Å². The minimum absolute atomic E-state index is 0.129. The SMILES string of the molecule is Cc1ccccc1OCCC(=O)NCC1(O)CCOC1C. The number of benzene rings is 1. The molecule has 1 heterocycles. The van der Waals surface area contributed by atoms with Crippen molar-refractivity contribution in [3.05, 3.63) is 29.8 Å². The number of nitrogens with one attached hydrogen (secondary N) is 1. The summed E-state index contributed by atoms with van der Waals surface area (Å²) in [4.78, 5) is 11.8. The zero-order chi connectivity index (χ0) is 15.3. The highest BCUT2D eigenvalue weighted by Gasteiger charge is 2.39. The van der Waals surface area contributed by atoms with Crippen LogP contribution in [0, 0.1) is 6.92 Å². The van der Waals surface area contributed by atoms with Gasteiger partial charge in [0.2, 0.25) is 5.91 Å². The van der Waals surface area contributed by atoms with Crippen molar-refractivity contribution in [2.24, 2.45) is 0 Å². The molecule has 5 heteroatoms. The van der Waals surface area contributed by atoms with E-state index in [1.54, 1.807) is 0 Å². The first-order chi connectivity index (χ1) is 10.0. The summed E-state index contributed by atoms with van der Waals surface area (Å²) in [6.45, 7) is 4.86. The van der Waals surface area contributed by atoms with Gasteiger partial charge in [-0.25, -0.2) is 0 Å².